The van der Waals surface area contributed by atoms with Gasteiger partial charge >= 0.3 is 5.97 Å². The normalized spacial score (nSPS) is 10.6. The summed E-state index contributed by atoms with van der Waals surface area (Å²) in [6.45, 7) is 3.79. The Kier molecular flexibility index (Phi) is 2.43. The van der Waals surface area contributed by atoms with Gasteiger partial charge in [0.05, 0.1) is 17.9 Å². The number of carbonyl (C=O) groups excluding carboxylic acids is 1. The van der Waals surface area contributed by atoms with Crippen LogP contribution < -0.4 is 5.73 Å². The van der Waals surface area contributed by atoms with Gasteiger partial charge in [-0.2, -0.15) is 9.50 Å². The number of nitrogens with zero attached hydrogens (tertiary/aromatic N) is 4. The first-order valence-corrected chi connectivity index (χ1v) is 4.78. The SMILES string of the molecule is CCOC(=O)c1cnc2nc(N)nn2c1C. The number of hydrogen-bond donors (Lipinski definition) is 1. The molecule has 0 saturated carbocycles. The molecule has 2 aromatic rings. The minimum Gasteiger partial charge on any atom is -0.462 e. The number of esters is 1. The molecule has 0 aliphatic heterocycles. The van der Waals surface area contributed by atoms with Crippen molar-refractivity contribution in [2.45, 2.75) is 13.8 Å². The van der Waals surface area contributed by atoms with Crippen LogP contribution >= 0.6 is 0 Å². The molecule has 0 saturated heterocycles. The Balaban J connectivity index is 2.55. The minimum absolute atomic E-state index is 0.122. The van der Waals surface area contributed by atoms with E-state index < -0.39 is 5.97 Å². The summed E-state index contributed by atoms with van der Waals surface area (Å²) in [6.07, 6.45) is 1.41. The van der Waals surface area contributed by atoms with Crippen LogP contribution in [-0.2, 0) is 4.74 Å². The van der Waals surface area contributed by atoms with Gasteiger partial charge in [0.25, 0.3) is 5.78 Å². The summed E-state index contributed by atoms with van der Waals surface area (Å²) in [6, 6.07) is 0. The maximum Gasteiger partial charge on any atom is 0.341 e. The van der Waals surface area contributed by atoms with Crippen molar-refractivity contribution in [2.24, 2.45) is 0 Å². The Labute approximate surface area is 91.3 Å². The monoisotopic (exact) mass is 221 g/mol. The number of nitrogens with two attached hydrogens (primary N) is 1. The molecule has 0 radical (unpaired) electrons. The number of hydrogen-bond acceptors (Lipinski definition) is 6. The molecule has 0 spiro atoms. The highest BCUT2D eigenvalue weighted by Crippen LogP contribution is 2.10. The largest absolute Gasteiger partial charge is 0.462 e. The smallest absolute Gasteiger partial charge is 0.341 e. The topological polar surface area (TPSA) is 95.4 Å². The van der Waals surface area contributed by atoms with Gasteiger partial charge in [-0.1, -0.05) is 0 Å². The number of anilines is 1. The standard InChI is InChI=1S/C9H11N5O2/c1-3-16-7(15)6-4-11-9-12-8(10)13-14(9)5(6)2/h4H,3H2,1-2H3,(H2,10,13). The van der Waals surface area contributed by atoms with Gasteiger partial charge in [0.15, 0.2) is 0 Å². The van der Waals surface area contributed by atoms with E-state index in [2.05, 4.69) is 15.1 Å². The zero-order valence-electron chi connectivity index (χ0n) is 8.97. The summed E-state index contributed by atoms with van der Waals surface area (Å²) < 4.78 is 6.31. The first-order chi connectivity index (χ1) is 7.63. The molecule has 84 valence electrons. The van der Waals surface area contributed by atoms with E-state index in [0.717, 1.165) is 0 Å². The van der Waals surface area contributed by atoms with Crippen molar-refractivity contribution in [2.75, 3.05) is 12.3 Å². The van der Waals surface area contributed by atoms with E-state index in [9.17, 15) is 4.79 Å². The van der Waals surface area contributed by atoms with Crippen LogP contribution in [0.25, 0.3) is 5.78 Å². The van der Waals surface area contributed by atoms with Gasteiger partial charge in [-0.05, 0) is 13.8 Å². The molecule has 0 bridgehead atoms. The van der Waals surface area contributed by atoms with Gasteiger partial charge in [0.1, 0.15) is 0 Å². The van der Waals surface area contributed by atoms with E-state index in [0.29, 0.717) is 23.6 Å². The van der Waals surface area contributed by atoms with Crippen LogP contribution in [0.15, 0.2) is 6.20 Å². The molecule has 0 aromatic carbocycles. The highest BCUT2D eigenvalue weighted by Gasteiger charge is 2.15. The van der Waals surface area contributed by atoms with E-state index in [-0.39, 0.29) is 5.95 Å². The third-order valence-electron chi connectivity index (χ3n) is 2.12. The average Bonchev–Trinajstić information content (AvgIpc) is 2.60. The van der Waals surface area contributed by atoms with Crippen molar-refractivity contribution in [3.05, 3.63) is 17.5 Å². The fourth-order valence-corrected chi connectivity index (χ4v) is 1.37. The predicted octanol–water partition coefficient (Wildman–Crippen LogP) is 0.192. The second-order valence-electron chi connectivity index (χ2n) is 3.16. The lowest BCUT2D eigenvalue weighted by Crippen LogP contribution is -2.11. The minimum atomic E-state index is -0.427. The van der Waals surface area contributed by atoms with Crippen LogP contribution in [0.4, 0.5) is 5.95 Å². The Morgan fingerprint density at radius 3 is 3.06 bits per heavy atom. The van der Waals surface area contributed by atoms with Crippen LogP contribution in [0.5, 0.6) is 0 Å². The van der Waals surface area contributed by atoms with Crippen molar-refractivity contribution < 1.29 is 9.53 Å². The predicted molar refractivity (Wildman–Crippen MR) is 55.9 cm³/mol. The number of carbonyl (C=O) groups is 1. The van der Waals surface area contributed by atoms with Crippen LogP contribution in [0, 0.1) is 6.92 Å². The molecule has 7 heteroatoms. The molecule has 2 rings (SSSR count). The first kappa shape index (κ1) is 10.3. The lowest BCUT2D eigenvalue weighted by molar-refractivity contribution is 0.0524. The van der Waals surface area contributed by atoms with Crippen molar-refractivity contribution >= 4 is 17.7 Å². The van der Waals surface area contributed by atoms with E-state index >= 15 is 0 Å². The maximum atomic E-state index is 11.6. The van der Waals surface area contributed by atoms with Crippen molar-refractivity contribution in [1.29, 1.82) is 0 Å². The van der Waals surface area contributed by atoms with E-state index in [1.54, 1.807) is 13.8 Å². The number of fused-ring (bicyclic) bond motifs is 1. The number of nitrogen functional groups attached to an aromatic ring is 1. The van der Waals surface area contributed by atoms with E-state index in [1.165, 1.54) is 10.7 Å². The molecule has 16 heavy (non-hydrogen) atoms. The van der Waals surface area contributed by atoms with Crippen LogP contribution in [0.2, 0.25) is 0 Å². The molecule has 0 atom stereocenters. The molecule has 2 N–H and O–H groups in total. The number of ether oxygens (including phenoxy) is 1. The number of aryl methyl sites for hydroxylation is 1. The van der Waals surface area contributed by atoms with Gasteiger partial charge in [0, 0.05) is 6.20 Å². The van der Waals surface area contributed by atoms with Gasteiger partial charge in [0.2, 0.25) is 5.95 Å². The summed E-state index contributed by atoms with van der Waals surface area (Å²) in [7, 11) is 0. The Bertz CT molecular complexity index is 548. The molecule has 0 aliphatic rings. The Morgan fingerprint density at radius 2 is 2.38 bits per heavy atom. The summed E-state index contributed by atoms with van der Waals surface area (Å²) in [4.78, 5) is 19.4. The van der Waals surface area contributed by atoms with E-state index in [4.69, 9.17) is 10.5 Å². The maximum absolute atomic E-state index is 11.6. The number of rotatable bonds is 2. The summed E-state index contributed by atoms with van der Waals surface area (Å²) in [5, 5.41) is 3.93. The lowest BCUT2D eigenvalue weighted by Gasteiger charge is -2.05. The molecule has 2 aromatic heterocycles. The van der Waals surface area contributed by atoms with Crippen LogP contribution in [0.1, 0.15) is 23.0 Å². The van der Waals surface area contributed by atoms with Crippen molar-refractivity contribution in [3.8, 4) is 0 Å². The van der Waals surface area contributed by atoms with Gasteiger partial charge in [-0.3, -0.25) is 0 Å². The summed E-state index contributed by atoms with van der Waals surface area (Å²) in [5.41, 5.74) is 6.41. The van der Waals surface area contributed by atoms with Crippen molar-refractivity contribution in [3.63, 3.8) is 0 Å². The molecule has 2 heterocycles. The second kappa shape index (κ2) is 3.76. The molecule has 0 aliphatic carbocycles. The van der Waals surface area contributed by atoms with Gasteiger partial charge in [-0.25, -0.2) is 9.78 Å². The van der Waals surface area contributed by atoms with Gasteiger partial charge < -0.3 is 10.5 Å². The highest BCUT2D eigenvalue weighted by molar-refractivity contribution is 5.90. The molecule has 7 nitrogen and oxygen atoms in total. The fraction of sp³-hybridized carbons (Fsp3) is 0.333. The fourth-order valence-electron chi connectivity index (χ4n) is 1.37. The molecule has 0 fully saturated rings. The summed E-state index contributed by atoms with van der Waals surface area (Å²) in [5.74, 6) is 0.0585. The highest BCUT2D eigenvalue weighted by atomic mass is 16.5. The Hall–Kier alpha value is -2.18. The third-order valence-corrected chi connectivity index (χ3v) is 2.12. The summed E-state index contributed by atoms with van der Waals surface area (Å²) >= 11 is 0. The molecular weight excluding hydrogens is 210 g/mol. The van der Waals surface area contributed by atoms with Crippen LogP contribution in [0.3, 0.4) is 0 Å². The molecule has 0 amide bonds. The zero-order valence-corrected chi connectivity index (χ0v) is 8.97. The Morgan fingerprint density at radius 1 is 1.62 bits per heavy atom. The van der Waals surface area contributed by atoms with Crippen LogP contribution in [-0.4, -0.2) is 32.2 Å². The average molecular weight is 221 g/mol. The molecule has 0 unspecified atom stereocenters. The van der Waals surface area contributed by atoms with E-state index in [1.807, 2.05) is 0 Å². The lowest BCUT2D eigenvalue weighted by atomic mass is 10.2. The quantitative estimate of drug-likeness (QED) is 0.727. The number of aromatic nitrogens is 4. The molecular formula is C9H11N5O2. The third kappa shape index (κ3) is 1.56. The first-order valence-electron chi connectivity index (χ1n) is 4.78. The van der Waals surface area contributed by atoms with Gasteiger partial charge in [-0.15, -0.1) is 5.10 Å². The van der Waals surface area contributed by atoms with Crippen molar-refractivity contribution in [1.82, 2.24) is 19.6 Å². The second-order valence-corrected chi connectivity index (χ2v) is 3.16. The zero-order chi connectivity index (χ0) is 11.7.